The van der Waals surface area contributed by atoms with Crippen LogP contribution in [0.15, 0.2) is 41.1 Å². The standard InChI is InChI=1S/C11H11N3O2/c1-16-10-5-3-2-4-9(10)12-6-8-7-13-14-11(8)15/h2-7,12H,1H3,(H,14,15). The molecule has 1 aromatic rings. The Labute approximate surface area is 92.8 Å². The van der Waals surface area contributed by atoms with E-state index in [0.717, 1.165) is 11.4 Å². The first kappa shape index (κ1) is 10.2. The molecule has 5 heteroatoms. The Hall–Kier alpha value is -2.30. The van der Waals surface area contributed by atoms with E-state index in [1.165, 1.54) is 6.21 Å². The fourth-order valence-corrected chi connectivity index (χ4v) is 1.31. The summed E-state index contributed by atoms with van der Waals surface area (Å²) >= 11 is 0. The van der Waals surface area contributed by atoms with Crippen LogP contribution in [0.25, 0.3) is 0 Å². The van der Waals surface area contributed by atoms with Crippen molar-refractivity contribution in [3.63, 3.8) is 0 Å². The third-order valence-electron chi connectivity index (χ3n) is 2.12. The summed E-state index contributed by atoms with van der Waals surface area (Å²) < 4.78 is 5.16. The number of hydrogen-bond acceptors (Lipinski definition) is 4. The second kappa shape index (κ2) is 4.48. The number of carbonyl (C=O) groups excluding carboxylic acids is 1. The van der Waals surface area contributed by atoms with E-state index in [-0.39, 0.29) is 5.91 Å². The lowest BCUT2D eigenvalue weighted by molar-refractivity contribution is -0.116. The van der Waals surface area contributed by atoms with E-state index in [1.54, 1.807) is 13.3 Å². The third kappa shape index (κ3) is 2.03. The Kier molecular flexibility index (Phi) is 2.86. The number of rotatable bonds is 3. The summed E-state index contributed by atoms with van der Waals surface area (Å²) in [6.45, 7) is 0. The van der Waals surface area contributed by atoms with Gasteiger partial charge in [0, 0.05) is 6.20 Å². The quantitative estimate of drug-likeness (QED) is 0.745. The molecule has 0 fully saturated rings. The molecule has 5 nitrogen and oxygen atoms in total. The van der Waals surface area contributed by atoms with Crippen LogP contribution in [0.2, 0.25) is 0 Å². The van der Waals surface area contributed by atoms with Gasteiger partial charge in [0.05, 0.1) is 24.6 Å². The molecule has 0 saturated heterocycles. The van der Waals surface area contributed by atoms with Crippen molar-refractivity contribution in [3.8, 4) is 5.75 Å². The van der Waals surface area contributed by atoms with Crippen molar-refractivity contribution in [1.82, 2.24) is 5.43 Å². The molecule has 1 aliphatic rings. The Bertz CT molecular complexity index is 466. The van der Waals surface area contributed by atoms with E-state index in [1.807, 2.05) is 24.3 Å². The summed E-state index contributed by atoms with van der Waals surface area (Å²) in [4.78, 5) is 11.2. The van der Waals surface area contributed by atoms with Gasteiger partial charge in [-0.25, -0.2) is 5.43 Å². The molecule has 82 valence electrons. The van der Waals surface area contributed by atoms with Crippen LogP contribution in [0.3, 0.4) is 0 Å². The summed E-state index contributed by atoms with van der Waals surface area (Å²) in [6, 6.07) is 7.45. The summed E-state index contributed by atoms with van der Waals surface area (Å²) in [5.41, 5.74) is 3.60. The topological polar surface area (TPSA) is 62.7 Å². The van der Waals surface area contributed by atoms with Gasteiger partial charge in [0.15, 0.2) is 0 Å². The van der Waals surface area contributed by atoms with Gasteiger partial charge in [-0.2, -0.15) is 5.10 Å². The second-order valence-electron chi connectivity index (χ2n) is 3.14. The van der Waals surface area contributed by atoms with Crippen LogP contribution >= 0.6 is 0 Å². The van der Waals surface area contributed by atoms with Gasteiger partial charge in [-0.1, -0.05) is 12.1 Å². The zero-order chi connectivity index (χ0) is 11.4. The Balaban J connectivity index is 2.15. The molecule has 0 radical (unpaired) electrons. The average Bonchev–Trinajstić information content (AvgIpc) is 2.72. The van der Waals surface area contributed by atoms with Crippen LogP contribution in [0, 0.1) is 0 Å². The largest absolute Gasteiger partial charge is 0.495 e. The number of anilines is 1. The van der Waals surface area contributed by atoms with Crippen LogP contribution < -0.4 is 15.5 Å². The highest BCUT2D eigenvalue weighted by molar-refractivity contribution is 6.15. The minimum atomic E-state index is -0.220. The zero-order valence-corrected chi connectivity index (χ0v) is 8.73. The maximum Gasteiger partial charge on any atom is 0.274 e. The maximum absolute atomic E-state index is 11.2. The number of hydrogen-bond donors (Lipinski definition) is 2. The van der Waals surface area contributed by atoms with Crippen LogP contribution in [0.1, 0.15) is 0 Å². The van der Waals surface area contributed by atoms with Gasteiger partial charge in [0.2, 0.25) is 0 Å². The molecule has 2 N–H and O–H groups in total. The lowest BCUT2D eigenvalue weighted by Crippen LogP contribution is -2.12. The van der Waals surface area contributed by atoms with Crippen LogP contribution in [0.4, 0.5) is 5.69 Å². The predicted octanol–water partition coefficient (Wildman–Crippen LogP) is 1.11. The lowest BCUT2D eigenvalue weighted by atomic mass is 10.2. The molecule has 1 aliphatic heterocycles. The smallest absolute Gasteiger partial charge is 0.274 e. The first-order valence-corrected chi connectivity index (χ1v) is 4.74. The molecular formula is C11H11N3O2. The molecule has 0 saturated carbocycles. The van der Waals surface area contributed by atoms with Gasteiger partial charge in [0.25, 0.3) is 5.91 Å². The summed E-state index contributed by atoms with van der Waals surface area (Å²) in [5.74, 6) is 0.497. The van der Waals surface area contributed by atoms with Crippen molar-refractivity contribution >= 4 is 17.8 Å². The number of ether oxygens (including phenoxy) is 1. The average molecular weight is 217 g/mol. The fraction of sp³-hybridized carbons (Fsp3) is 0.0909. The summed E-state index contributed by atoms with van der Waals surface area (Å²) in [7, 11) is 1.59. The first-order chi connectivity index (χ1) is 7.81. The van der Waals surface area contributed by atoms with Gasteiger partial charge in [0.1, 0.15) is 5.75 Å². The van der Waals surface area contributed by atoms with E-state index in [2.05, 4.69) is 15.8 Å². The number of amides is 1. The van der Waals surface area contributed by atoms with Crippen LogP contribution in [0.5, 0.6) is 5.75 Å². The van der Waals surface area contributed by atoms with Gasteiger partial charge in [-0.05, 0) is 12.1 Å². The number of nitrogens with one attached hydrogen (secondary N) is 2. The van der Waals surface area contributed by atoms with E-state index >= 15 is 0 Å². The minimum Gasteiger partial charge on any atom is -0.495 e. The molecule has 0 aliphatic carbocycles. The molecule has 0 bridgehead atoms. The van der Waals surface area contributed by atoms with Crippen molar-refractivity contribution in [3.05, 3.63) is 36.0 Å². The van der Waals surface area contributed by atoms with E-state index in [4.69, 9.17) is 4.74 Å². The first-order valence-electron chi connectivity index (χ1n) is 4.74. The Morgan fingerprint density at radius 1 is 1.44 bits per heavy atom. The van der Waals surface area contributed by atoms with Gasteiger partial charge in [-0.15, -0.1) is 0 Å². The molecule has 1 amide bonds. The van der Waals surface area contributed by atoms with Crippen LogP contribution in [-0.4, -0.2) is 19.2 Å². The number of hydrazone groups is 1. The summed E-state index contributed by atoms with van der Waals surface area (Å²) in [5, 5.41) is 6.63. The van der Waals surface area contributed by atoms with Crippen molar-refractivity contribution in [1.29, 1.82) is 0 Å². The number of para-hydroxylation sites is 2. The molecule has 16 heavy (non-hydrogen) atoms. The lowest BCUT2D eigenvalue weighted by Gasteiger charge is -2.07. The van der Waals surface area contributed by atoms with Gasteiger partial charge in [-0.3, -0.25) is 4.79 Å². The minimum absolute atomic E-state index is 0.220. The zero-order valence-electron chi connectivity index (χ0n) is 8.73. The Morgan fingerprint density at radius 2 is 2.25 bits per heavy atom. The van der Waals surface area contributed by atoms with Crippen LogP contribution in [-0.2, 0) is 4.79 Å². The third-order valence-corrected chi connectivity index (χ3v) is 2.12. The molecule has 0 spiro atoms. The fourth-order valence-electron chi connectivity index (χ4n) is 1.31. The predicted molar refractivity (Wildman–Crippen MR) is 61.3 cm³/mol. The van der Waals surface area contributed by atoms with Gasteiger partial charge < -0.3 is 10.1 Å². The van der Waals surface area contributed by atoms with Crippen molar-refractivity contribution in [2.45, 2.75) is 0 Å². The monoisotopic (exact) mass is 217 g/mol. The van der Waals surface area contributed by atoms with E-state index in [9.17, 15) is 4.79 Å². The molecule has 2 rings (SSSR count). The molecule has 1 heterocycles. The number of nitrogens with zero attached hydrogens (tertiary/aromatic N) is 1. The SMILES string of the molecule is COc1ccccc1NC=C1C=NNC1=O. The number of methoxy groups -OCH3 is 1. The van der Waals surface area contributed by atoms with Gasteiger partial charge >= 0.3 is 0 Å². The highest BCUT2D eigenvalue weighted by Gasteiger charge is 2.11. The Morgan fingerprint density at radius 3 is 2.94 bits per heavy atom. The highest BCUT2D eigenvalue weighted by atomic mass is 16.5. The van der Waals surface area contributed by atoms with E-state index in [0.29, 0.717) is 5.57 Å². The molecule has 0 aromatic heterocycles. The highest BCUT2D eigenvalue weighted by Crippen LogP contribution is 2.23. The van der Waals surface area contributed by atoms with Crippen molar-refractivity contribution in [2.24, 2.45) is 5.10 Å². The maximum atomic E-state index is 11.2. The number of benzene rings is 1. The number of carbonyl (C=O) groups is 1. The molecule has 1 aromatic carbocycles. The molecular weight excluding hydrogens is 206 g/mol. The molecule has 0 atom stereocenters. The second-order valence-corrected chi connectivity index (χ2v) is 3.14. The van der Waals surface area contributed by atoms with E-state index < -0.39 is 0 Å². The van der Waals surface area contributed by atoms with Crippen molar-refractivity contribution < 1.29 is 9.53 Å². The summed E-state index contributed by atoms with van der Waals surface area (Å²) in [6.07, 6.45) is 3.05. The normalized spacial score (nSPS) is 16.3. The molecule has 0 unspecified atom stereocenters. The van der Waals surface area contributed by atoms with Crippen molar-refractivity contribution in [2.75, 3.05) is 12.4 Å².